The van der Waals surface area contributed by atoms with Gasteiger partial charge in [-0.2, -0.15) is 13.2 Å². The molecular weight excluding hydrogens is 335 g/mol. The monoisotopic (exact) mass is 347 g/mol. The second kappa shape index (κ2) is 5.96. The van der Waals surface area contributed by atoms with Gasteiger partial charge in [0.2, 0.25) is 0 Å². The fourth-order valence-electron chi connectivity index (χ4n) is 2.39. The highest BCUT2D eigenvalue weighted by atomic mass is 35.5. The highest BCUT2D eigenvalue weighted by Crippen LogP contribution is 2.34. The van der Waals surface area contributed by atoms with E-state index in [0.29, 0.717) is 36.3 Å². The Morgan fingerprint density at radius 3 is 2.27 bits per heavy atom. The van der Waals surface area contributed by atoms with E-state index in [-0.39, 0.29) is 0 Å². The zero-order valence-corrected chi connectivity index (χ0v) is 13.0. The number of aromatic nitrogens is 1. The Morgan fingerprint density at radius 2 is 1.68 bits per heavy atom. The first-order chi connectivity index (χ1) is 10.4. The highest BCUT2D eigenvalue weighted by Gasteiger charge is 2.34. The first-order valence-corrected chi connectivity index (χ1v) is 7.98. The largest absolute Gasteiger partial charge is 0.434 e. The zero-order valence-electron chi connectivity index (χ0n) is 11.5. The molecule has 1 aliphatic heterocycles. The van der Waals surface area contributed by atoms with Crippen LogP contribution in [0.25, 0.3) is 0 Å². The third kappa shape index (κ3) is 3.15. The van der Waals surface area contributed by atoms with Crippen LogP contribution in [0.3, 0.4) is 0 Å². The predicted molar refractivity (Wildman–Crippen MR) is 83.0 cm³/mol. The summed E-state index contributed by atoms with van der Waals surface area (Å²) in [6.07, 6.45) is -4.38. The summed E-state index contributed by atoms with van der Waals surface area (Å²) in [6.45, 7) is 2.64. The van der Waals surface area contributed by atoms with E-state index in [4.69, 9.17) is 11.6 Å². The molecule has 8 heteroatoms. The Balaban J connectivity index is 1.67. The van der Waals surface area contributed by atoms with Gasteiger partial charge in [-0.1, -0.05) is 23.7 Å². The average molecular weight is 348 g/mol. The molecule has 2 heterocycles. The van der Waals surface area contributed by atoms with Gasteiger partial charge in [0.25, 0.3) is 0 Å². The van der Waals surface area contributed by atoms with Gasteiger partial charge in [0.05, 0.1) is 10.7 Å². The number of piperazine rings is 1. The van der Waals surface area contributed by atoms with Crippen molar-refractivity contribution in [1.82, 2.24) is 4.98 Å². The normalized spacial score (nSPS) is 16.2. The molecule has 0 aliphatic carbocycles. The van der Waals surface area contributed by atoms with Gasteiger partial charge in [0.15, 0.2) is 10.8 Å². The van der Waals surface area contributed by atoms with Crippen LogP contribution >= 0.6 is 22.9 Å². The van der Waals surface area contributed by atoms with Crippen LogP contribution in [0.4, 0.5) is 24.0 Å². The fourth-order valence-corrected chi connectivity index (χ4v) is 3.53. The third-order valence-electron chi connectivity index (χ3n) is 3.53. The first-order valence-electron chi connectivity index (χ1n) is 6.72. The molecule has 0 radical (unpaired) electrons. The molecule has 1 saturated heterocycles. The second-order valence-corrected chi connectivity index (χ2v) is 6.18. The molecule has 1 fully saturated rings. The fraction of sp³-hybridized carbons (Fsp3) is 0.357. The lowest BCUT2D eigenvalue weighted by molar-refractivity contribution is -0.140. The first kappa shape index (κ1) is 15.4. The quantitative estimate of drug-likeness (QED) is 0.814. The molecule has 1 aliphatic rings. The molecule has 2 aromatic rings. The van der Waals surface area contributed by atoms with Crippen LogP contribution in [0.1, 0.15) is 5.69 Å². The number of alkyl halides is 3. The second-order valence-electron chi connectivity index (χ2n) is 4.94. The van der Waals surface area contributed by atoms with E-state index in [9.17, 15) is 13.2 Å². The Labute approximate surface area is 134 Å². The maximum atomic E-state index is 12.6. The average Bonchev–Trinajstić information content (AvgIpc) is 2.98. The summed E-state index contributed by atoms with van der Waals surface area (Å²) in [5, 5.41) is 2.17. The van der Waals surface area contributed by atoms with Crippen LogP contribution in [0, 0.1) is 0 Å². The van der Waals surface area contributed by atoms with Crippen molar-refractivity contribution >= 4 is 33.8 Å². The summed E-state index contributed by atoms with van der Waals surface area (Å²) in [7, 11) is 0. The van der Waals surface area contributed by atoms with E-state index in [1.165, 1.54) is 0 Å². The van der Waals surface area contributed by atoms with Crippen LogP contribution in [-0.2, 0) is 6.18 Å². The summed E-state index contributed by atoms with van der Waals surface area (Å²) < 4.78 is 37.8. The van der Waals surface area contributed by atoms with Crippen LogP contribution in [0.5, 0.6) is 0 Å². The standard InChI is InChI=1S/C14H13ClF3N3S/c15-10-3-1-2-4-11(10)20-5-7-21(8-6-20)13-19-12(9-22-13)14(16,17)18/h1-4,9H,5-8H2. The topological polar surface area (TPSA) is 19.4 Å². The lowest BCUT2D eigenvalue weighted by Gasteiger charge is -2.36. The number of hydrogen-bond acceptors (Lipinski definition) is 4. The maximum Gasteiger partial charge on any atom is 0.434 e. The summed E-state index contributed by atoms with van der Waals surface area (Å²) >= 11 is 7.21. The van der Waals surface area contributed by atoms with Gasteiger partial charge in [0.1, 0.15) is 0 Å². The summed E-state index contributed by atoms with van der Waals surface area (Å²) in [6, 6.07) is 7.57. The molecule has 0 amide bonds. The Bertz CT molecular complexity index is 651. The Hall–Kier alpha value is -1.47. The Morgan fingerprint density at radius 1 is 1.05 bits per heavy atom. The van der Waals surface area contributed by atoms with E-state index in [1.807, 2.05) is 29.2 Å². The zero-order chi connectivity index (χ0) is 15.7. The smallest absolute Gasteiger partial charge is 0.367 e. The molecular formula is C14H13ClF3N3S. The molecule has 0 bridgehead atoms. The molecule has 118 valence electrons. The molecule has 0 spiro atoms. The van der Waals surface area contributed by atoms with Crippen LogP contribution < -0.4 is 9.80 Å². The van der Waals surface area contributed by atoms with E-state index in [0.717, 1.165) is 22.4 Å². The molecule has 1 aromatic heterocycles. The minimum absolute atomic E-state index is 0.422. The van der Waals surface area contributed by atoms with Gasteiger partial charge < -0.3 is 9.80 Å². The minimum Gasteiger partial charge on any atom is -0.367 e. The van der Waals surface area contributed by atoms with Gasteiger partial charge >= 0.3 is 6.18 Å². The molecule has 3 rings (SSSR count). The van der Waals surface area contributed by atoms with Crippen molar-refractivity contribution in [1.29, 1.82) is 0 Å². The molecule has 22 heavy (non-hydrogen) atoms. The summed E-state index contributed by atoms with van der Waals surface area (Å²) in [5.74, 6) is 0. The Kier molecular flexibility index (Phi) is 4.18. The number of hydrogen-bond donors (Lipinski definition) is 0. The molecule has 0 N–H and O–H groups in total. The van der Waals surface area contributed by atoms with E-state index >= 15 is 0 Å². The minimum atomic E-state index is -4.38. The van der Waals surface area contributed by atoms with Gasteiger partial charge in [-0.15, -0.1) is 11.3 Å². The number of thiazole rings is 1. The van der Waals surface area contributed by atoms with Gasteiger partial charge in [-0.3, -0.25) is 0 Å². The van der Waals surface area contributed by atoms with Crippen molar-refractivity contribution in [3.63, 3.8) is 0 Å². The van der Waals surface area contributed by atoms with Crippen molar-refractivity contribution in [2.24, 2.45) is 0 Å². The van der Waals surface area contributed by atoms with Crippen molar-refractivity contribution in [2.75, 3.05) is 36.0 Å². The molecule has 3 nitrogen and oxygen atoms in total. The third-order valence-corrected chi connectivity index (χ3v) is 4.75. The van der Waals surface area contributed by atoms with Crippen molar-refractivity contribution < 1.29 is 13.2 Å². The SMILES string of the molecule is FC(F)(F)c1csc(N2CCN(c3ccccc3Cl)CC2)n1. The number of benzene rings is 1. The van der Waals surface area contributed by atoms with Crippen LogP contribution in [-0.4, -0.2) is 31.2 Å². The van der Waals surface area contributed by atoms with E-state index in [2.05, 4.69) is 9.88 Å². The van der Waals surface area contributed by atoms with E-state index < -0.39 is 11.9 Å². The number of anilines is 2. The molecule has 0 atom stereocenters. The number of para-hydroxylation sites is 1. The molecule has 0 saturated carbocycles. The molecule has 1 aromatic carbocycles. The number of halogens is 4. The van der Waals surface area contributed by atoms with Crippen molar-refractivity contribution in [2.45, 2.75) is 6.18 Å². The summed E-state index contributed by atoms with van der Waals surface area (Å²) in [4.78, 5) is 7.71. The van der Waals surface area contributed by atoms with Crippen molar-refractivity contribution in [3.05, 3.63) is 40.4 Å². The maximum absolute atomic E-state index is 12.6. The van der Waals surface area contributed by atoms with Crippen molar-refractivity contribution in [3.8, 4) is 0 Å². The lowest BCUT2D eigenvalue weighted by Crippen LogP contribution is -2.46. The van der Waals surface area contributed by atoms with Crippen LogP contribution in [0.15, 0.2) is 29.6 Å². The van der Waals surface area contributed by atoms with Gasteiger partial charge in [-0.05, 0) is 12.1 Å². The lowest BCUT2D eigenvalue weighted by atomic mass is 10.2. The summed E-state index contributed by atoms with van der Waals surface area (Å²) in [5.41, 5.74) is 0.139. The van der Waals surface area contributed by atoms with Gasteiger partial charge in [-0.25, -0.2) is 4.98 Å². The number of rotatable bonds is 2. The van der Waals surface area contributed by atoms with Crippen LogP contribution in [0.2, 0.25) is 5.02 Å². The van der Waals surface area contributed by atoms with E-state index in [1.54, 1.807) is 0 Å². The van der Waals surface area contributed by atoms with Gasteiger partial charge in [0, 0.05) is 31.6 Å². The predicted octanol–water partition coefficient (Wildman–Crippen LogP) is 4.14. The molecule has 0 unspecified atom stereocenters. The highest BCUT2D eigenvalue weighted by molar-refractivity contribution is 7.13. The number of nitrogens with zero attached hydrogens (tertiary/aromatic N) is 3.